The zero-order chi connectivity index (χ0) is 14.4. The molecule has 0 spiro atoms. The van der Waals surface area contributed by atoms with Gasteiger partial charge < -0.3 is 10.1 Å². The minimum Gasteiger partial charge on any atom is -0.378 e. The molecule has 102 valence electrons. The van der Waals surface area contributed by atoms with Crippen LogP contribution in [0.5, 0.6) is 0 Å². The predicted molar refractivity (Wildman–Crippen MR) is 76.3 cm³/mol. The van der Waals surface area contributed by atoms with Gasteiger partial charge in [0.1, 0.15) is 5.01 Å². The summed E-state index contributed by atoms with van der Waals surface area (Å²) in [5.74, 6) is -0.158. The van der Waals surface area contributed by atoms with Crippen molar-refractivity contribution in [3.8, 4) is 6.07 Å². The number of nitriles is 1. The number of ether oxygens (including phenoxy) is 1. The second-order valence-corrected chi connectivity index (χ2v) is 5.03. The van der Waals surface area contributed by atoms with E-state index in [4.69, 9.17) is 10.00 Å². The minimum absolute atomic E-state index is 0.158. The van der Waals surface area contributed by atoms with Gasteiger partial charge in [0.25, 0.3) is 0 Å². The molecular formula is C14H13N3O2S. The van der Waals surface area contributed by atoms with E-state index >= 15 is 0 Å². The molecule has 1 aromatic heterocycles. The number of nitrogens with one attached hydrogen (secondary N) is 1. The van der Waals surface area contributed by atoms with Crippen molar-refractivity contribution >= 4 is 22.9 Å². The Bertz CT molecular complexity index is 646. The van der Waals surface area contributed by atoms with Gasteiger partial charge in [0.2, 0.25) is 5.91 Å². The first-order valence-electron chi connectivity index (χ1n) is 5.93. The average molecular weight is 287 g/mol. The number of thiazole rings is 1. The molecule has 1 heterocycles. The molecule has 0 saturated heterocycles. The van der Waals surface area contributed by atoms with Crippen molar-refractivity contribution in [3.05, 3.63) is 45.9 Å². The molecule has 0 bridgehead atoms. The fourth-order valence-corrected chi connectivity index (χ4v) is 2.42. The molecule has 5 nitrogen and oxygen atoms in total. The lowest BCUT2D eigenvalue weighted by Crippen LogP contribution is -2.14. The third-order valence-corrected chi connectivity index (χ3v) is 3.36. The van der Waals surface area contributed by atoms with Crippen molar-refractivity contribution in [2.45, 2.75) is 13.0 Å². The molecular weight excluding hydrogens is 274 g/mol. The van der Waals surface area contributed by atoms with E-state index in [-0.39, 0.29) is 12.3 Å². The maximum atomic E-state index is 11.9. The first-order chi connectivity index (χ1) is 9.71. The quantitative estimate of drug-likeness (QED) is 0.916. The Hall–Kier alpha value is -2.23. The van der Waals surface area contributed by atoms with Gasteiger partial charge in [-0.1, -0.05) is 6.07 Å². The lowest BCUT2D eigenvalue weighted by Gasteiger charge is -2.04. The van der Waals surface area contributed by atoms with E-state index in [1.165, 1.54) is 11.3 Å². The maximum absolute atomic E-state index is 11.9. The molecule has 0 aliphatic heterocycles. The van der Waals surface area contributed by atoms with Crippen LogP contribution in [0.3, 0.4) is 0 Å². The van der Waals surface area contributed by atoms with Crippen molar-refractivity contribution in [1.29, 1.82) is 5.26 Å². The molecule has 2 aromatic rings. The zero-order valence-corrected chi connectivity index (χ0v) is 11.7. The van der Waals surface area contributed by atoms with Gasteiger partial charge >= 0.3 is 0 Å². The zero-order valence-electron chi connectivity index (χ0n) is 10.9. The largest absolute Gasteiger partial charge is 0.378 e. The van der Waals surface area contributed by atoms with E-state index in [0.29, 0.717) is 17.9 Å². The topological polar surface area (TPSA) is 75.0 Å². The van der Waals surface area contributed by atoms with Crippen molar-refractivity contribution < 1.29 is 9.53 Å². The Balaban J connectivity index is 1.96. The van der Waals surface area contributed by atoms with Crippen LogP contribution in [0.1, 0.15) is 16.3 Å². The highest BCUT2D eigenvalue weighted by Gasteiger charge is 2.08. The van der Waals surface area contributed by atoms with E-state index in [1.54, 1.807) is 31.4 Å². The van der Waals surface area contributed by atoms with Gasteiger partial charge in [-0.2, -0.15) is 5.26 Å². The number of carbonyl (C=O) groups excluding carboxylic acids is 1. The van der Waals surface area contributed by atoms with E-state index in [1.807, 2.05) is 11.4 Å². The molecule has 20 heavy (non-hydrogen) atoms. The lowest BCUT2D eigenvalue weighted by atomic mass is 10.2. The second-order valence-electron chi connectivity index (χ2n) is 4.08. The molecule has 1 amide bonds. The molecule has 0 fully saturated rings. The highest BCUT2D eigenvalue weighted by atomic mass is 32.1. The van der Waals surface area contributed by atoms with Crippen LogP contribution in [-0.2, 0) is 22.6 Å². The van der Waals surface area contributed by atoms with Gasteiger partial charge in [-0.25, -0.2) is 4.98 Å². The fraction of sp³-hybridized carbons (Fsp3) is 0.214. The summed E-state index contributed by atoms with van der Waals surface area (Å²) in [4.78, 5) is 16.2. The normalized spacial score (nSPS) is 10.0. The summed E-state index contributed by atoms with van der Waals surface area (Å²) in [6.45, 7) is 0.455. The van der Waals surface area contributed by atoms with Crippen LogP contribution in [0.2, 0.25) is 0 Å². The number of hydrogen-bond acceptors (Lipinski definition) is 5. The van der Waals surface area contributed by atoms with Gasteiger partial charge in [-0.15, -0.1) is 11.3 Å². The third-order valence-electron chi connectivity index (χ3n) is 2.48. The lowest BCUT2D eigenvalue weighted by molar-refractivity contribution is -0.115. The summed E-state index contributed by atoms with van der Waals surface area (Å²) >= 11 is 1.47. The number of rotatable bonds is 5. The van der Waals surface area contributed by atoms with Crippen LogP contribution in [0.4, 0.5) is 5.69 Å². The van der Waals surface area contributed by atoms with E-state index < -0.39 is 0 Å². The van der Waals surface area contributed by atoms with Crippen molar-refractivity contribution in [3.63, 3.8) is 0 Å². The number of aromatic nitrogens is 1. The highest BCUT2D eigenvalue weighted by Crippen LogP contribution is 2.13. The van der Waals surface area contributed by atoms with Gasteiger partial charge in [0.05, 0.1) is 30.4 Å². The monoisotopic (exact) mass is 287 g/mol. The Morgan fingerprint density at radius 3 is 3.15 bits per heavy atom. The molecule has 6 heteroatoms. The fourth-order valence-electron chi connectivity index (χ4n) is 1.66. The SMILES string of the molecule is COCc1nc(CC(=O)Nc2cccc(C#N)c2)cs1. The van der Waals surface area contributed by atoms with Gasteiger partial charge in [0, 0.05) is 18.2 Å². The standard InChI is InChI=1S/C14H13N3O2S/c1-19-8-14-17-12(9-20-14)6-13(18)16-11-4-2-3-10(5-11)7-15/h2-5,9H,6,8H2,1H3,(H,16,18). The number of methoxy groups -OCH3 is 1. The second kappa shape index (κ2) is 6.80. The van der Waals surface area contributed by atoms with Crippen LogP contribution in [0.15, 0.2) is 29.6 Å². The number of nitrogens with zero attached hydrogens (tertiary/aromatic N) is 2. The van der Waals surface area contributed by atoms with E-state index in [9.17, 15) is 4.79 Å². The summed E-state index contributed by atoms with van der Waals surface area (Å²) in [5.41, 5.74) is 1.84. The van der Waals surface area contributed by atoms with Crippen LogP contribution >= 0.6 is 11.3 Å². The molecule has 0 saturated carbocycles. The van der Waals surface area contributed by atoms with Crippen LogP contribution in [-0.4, -0.2) is 18.0 Å². The summed E-state index contributed by atoms with van der Waals surface area (Å²) in [6.07, 6.45) is 0.205. The predicted octanol–water partition coefficient (Wildman–Crippen LogP) is 2.34. The van der Waals surface area contributed by atoms with Crippen LogP contribution in [0.25, 0.3) is 0 Å². The third kappa shape index (κ3) is 3.88. The first-order valence-corrected chi connectivity index (χ1v) is 6.81. The average Bonchev–Trinajstić information content (AvgIpc) is 2.86. The number of hydrogen-bond donors (Lipinski definition) is 1. The summed E-state index contributed by atoms with van der Waals surface area (Å²) in [7, 11) is 1.61. The van der Waals surface area contributed by atoms with Gasteiger partial charge in [-0.05, 0) is 18.2 Å². The Labute approximate surface area is 120 Å². The Morgan fingerprint density at radius 1 is 1.55 bits per heavy atom. The van der Waals surface area contributed by atoms with E-state index in [2.05, 4.69) is 10.3 Å². The minimum atomic E-state index is -0.158. The summed E-state index contributed by atoms with van der Waals surface area (Å²) < 4.78 is 4.98. The number of anilines is 1. The molecule has 1 N–H and O–H groups in total. The molecule has 0 radical (unpaired) electrons. The first kappa shape index (κ1) is 14.2. The smallest absolute Gasteiger partial charge is 0.230 e. The molecule has 0 aliphatic rings. The Morgan fingerprint density at radius 2 is 2.40 bits per heavy atom. The molecule has 0 aliphatic carbocycles. The number of amides is 1. The van der Waals surface area contributed by atoms with Crippen molar-refractivity contribution in [1.82, 2.24) is 4.98 Å². The van der Waals surface area contributed by atoms with E-state index in [0.717, 1.165) is 10.7 Å². The summed E-state index contributed by atoms with van der Waals surface area (Å²) in [5, 5.41) is 14.2. The maximum Gasteiger partial charge on any atom is 0.230 e. The Kier molecular flexibility index (Phi) is 4.82. The van der Waals surface area contributed by atoms with Crippen LogP contribution < -0.4 is 5.32 Å². The van der Waals surface area contributed by atoms with Crippen LogP contribution in [0, 0.1) is 11.3 Å². The number of benzene rings is 1. The van der Waals surface area contributed by atoms with Crippen molar-refractivity contribution in [2.75, 3.05) is 12.4 Å². The van der Waals surface area contributed by atoms with Crippen molar-refractivity contribution in [2.24, 2.45) is 0 Å². The van der Waals surface area contributed by atoms with Gasteiger partial charge in [-0.3, -0.25) is 4.79 Å². The molecule has 2 rings (SSSR count). The number of carbonyl (C=O) groups is 1. The molecule has 1 aromatic carbocycles. The molecule has 0 atom stereocenters. The highest BCUT2D eigenvalue weighted by molar-refractivity contribution is 7.09. The summed E-state index contributed by atoms with van der Waals surface area (Å²) in [6, 6.07) is 8.83. The van der Waals surface area contributed by atoms with Gasteiger partial charge in [0.15, 0.2) is 0 Å². The molecule has 0 unspecified atom stereocenters.